The van der Waals surface area contributed by atoms with Crippen LogP contribution in [-0.2, 0) is 0 Å². The van der Waals surface area contributed by atoms with Crippen molar-refractivity contribution >= 4 is 17.6 Å². The average molecular weight is 263 g/mol. The molecule has 1 aromatic heterocycles. The molecule has 0 bridgehead atoms. The molecule has 0 aliphatic heterocycles. The fourth-order valence-corrected chi connectivity index (χ4v) is 1.55. The maximum atomic E-state index is 13.3. The number of methoxy groups -OCH3 is 1. The molecule has 0 unspecified atom stereocenters. The number of rotatable bonds is 4. The highest BCUT2D eigenvalue weighted by molar-refractivity contribution is 5.55. The molecule has 19 heavy (non-hydrogen) atoms. The Morgan fingerprint density at radius 3 is 2.47 bits per heavy atom. The largest absolute Gasteiger partial charge is 0.467 e. The van der Waals surface area contributed by atoms with Gasteiger partial charge < -0.3 is 15.4 Å². The number of hydrogen-bond acceptors (Lipinski definition) is 6. The Morgan fingerprint density at radius 1 is 1.11 bits per heavy atom. The van der Waals surface area contributed by atoms with Crippen LogP contribution in [0.2, 0.25) is 0 Å². The predicted molar refractivity (Wildman–Crippen MR) is 70.3 cm³/mol. The van der Waals surface area contributed by atoms with E-state index < -0.39 is 0 Å². The predicted octanol–water partition coefficient (Wildman–Crippen LogP) is 2.11. The Morgan fingerprint density at radius 2 is 1.84 bits per heavy atom. The van der Waals surface area contributed by atoms with Crippen molar-refractivity contribution < 1.29 is 9.13 Å². The van der Waals surface area contributed by atoms with Gasteiger partial charge in [-0.05, 0) is 30.7 Å². The highest BCUT2D eigenvalue weighted by atomic mass is 19.1. The van der Waals surface area contributed by atoms with Gasteiger partial charge in [0.25, 0.3) is 0 Å². The lowest BCUT2D eigenvalue weighted by Crippen LogP contribution is -2.05. The van der Waals surface area contributed by atoms with Gasteiger partial charge in [0.2, 0.25) is 11.9 Å². The summed E-state index contributed by atoms with van der Waals surface area (Å²) in [6, 6.07) is 4.77. The number of nitrogens with one attached hydrogen (secondary N) is 2. The van der Waals surface area contributed by atoms with E-state index in [1.165, 1.54) is 19.2 Å². The molecule has 0 saturated heterocycles. The summed E-state index contributed by atoms with van der Waals surface area (Å²) < 4.78 is 18.3. The molecule has 2 N–H and O–H groups in total. The summed E-state index contributed by atoms with van der Waals surface area (Å²) in [5, 5.41) is 5.71. The molecule has 0 fully saturated rings. The lowest BCUT2D eigenvalue weighted by atomic mass is 10.2. The molecule has 6 nitrogen and oxygen atoms in total. The second kappa shape index (κ2) is 5.47. The lowest BCUT2D eigenvalue weighted by Gasteiger charge is -2.08. The van der Waals surface area contributed by atoms with Gasteiger partial charge in [0.1, 0.15) is 5.82 Å². The smallest absolute Gasteiger partial charge is 0.322 e. The standard InChI is InChI=1S/C12H14FN5O/c1-7-4-8(13)6-9(5-7)15-11-16-10(14-2)17-12(18-11)19-3/h4-6H,1-3H3,(H2,14,15,16,17,18). The SMILES string of the molecule is CNc1nc(Nc2cc(C)cc(F)c2)nc(OC)n1. The fourth-order valence-electron chi connectivity index (χ4n) is 1.55. The number of nitrogens with zero attached hydrogens (tertiary/aromatic N) is 3. The van der Waals surface area contributed by atoms with E-state index in [2.05, 4.69) is 25.6 Å². The van der Waals surface area contributed by atoms with Gasteiger partial charge in [-0.2, -0.15) is 15.0 Å². The summed E-state index contributed by atoms with van der Waals surface area (Å²) in [4.78, 5) is 12.1. The Kier molecular flexibility index (Phi) is 3.74. The molecule has 0 aliphatic carbocycles. The molecular weight excluding hydrogens is 249 g/mol. The molecule has 7 heteroatoms. The topological polar surface area (TPSA) is 72.0 Å². The molecule has 100 valence electrons. The van der Waals surface area contributed by atoms with Crippen LogP contribution < -0.4 is 15.4 Å². The molecule has 0 aliphatic rings. The quantitative estimate of drug-likeness (QED) is 0.880. The molecule has 0 radical (unpaired) electrons. The van der Waals surface area contributed by atoms with E-state index in [1.807, 2.05) is 0 Å². The summed E-state index contributed by atoms with van der Waals surface area (Å²) in [6.45, 7) is 1.81. The van der Waals surface area contributed by atoms with Gasteiger partial charge >= 0.3 is 6.01 Å². The number of aromatic nitrogens is 3. The highest BCUT2D eigenvalue weighted by Crippen LogP contribution is 2.18. The van der Waals surface area contributed by atoms with Crippen LogP contribution in [0.25, 0.3) is 0 Å². The van der Waals surface area contributed by atoms with Gasteiger partial charge in [-0.3, -0.25) is 0 Å². The molecular formula is C12H14FN5O. The second-order valence-corrected chi connectivity index (χ2v) is 3.86. The minimum Gasteiger partial charge on any atom is -0.467 e. The molecule has 0 amide bonds. The first kappa shape index (κ1) is 13.0. The summed E-state index contributed by atoms with van der Waals surface area (Å²) in [7, 11) is 3.15. The van der Waals surface area contributed by atoms with E-state index in [9.17, 15) is 4.39 Å². The summed E-state index contributed by atoms with van der Waals surface area (Å²) >= 11 is 0. The first-order valence-electron chi connectivity index (χ1n) is 5.63. The third-order valence-corrected chi connectivity index (χ3v) is 2.32. The van der Waals surface area contributed by atoms with Crippen LogP contribution in [-0.4, -0.2) is 29.1 Å². The van der Waals surface area contributed by atoms with E-state index in [0.29, 0.717) is 11.6 Å². The Labute approximate surface area is 110 Å². The van der Waals surface area contributed by atoms with Gasteiger partial charge in [0, 0.05) is 12.7 Å². The van der Waals surface area contributed by atoms with Gasteiger partial charge in [0.05, 0.1) is 7.11 Å². The molecule has 0 atom stereocenters. The number of aryl methyl sites for hydroxylation is 1. The molecule has 2 aromatic rings. The van der Waals surface area contributed by atoms with E-state index >= 15 is 0 Å². The maximum absolute atomic E-state index is 13.3. The van der Waals surface area contributed by atoms with Gasteiger partial charge in [-0.1, -0.05) is 0 Å². The van der Waals surface area contributed by atoms with Crippen LogP contribution in [0.15, 0.2) is 18.2 Å². The third kappa shape index (κ3) is 3.27. The van der Waals surface area contributed by atoms with Crippen LogP contribution in [0.4, 0.5) is 22.0 Å². The first-order chi connectivity index (χ1) is 9.10. The number of benzene rings is 1. The number of ether oxygens (including phenoxy) is 1. The molecule has 0 spiro atoms. The summed E-state index contributed by atoms with van der Waals surface area (Å²) in [5.74, 6) is 0.320. The minimum atomic E-state index is -0.322. The van der Waals surface area contributed by atoms with E-state index in [4.69, 9.17) is 4.74 Å². The van der Waals surface area contributed by atoms with Crippen molar-refractivity contribution in [3.63, 3.8) is 0 Å². The normalized spacial score (nSPS) is 10.1. The van der Waals surface area contributed by atoms with Crippen molar-refractivity contribution in [3.05, 3.63) is 29.6 Å². The van der Waals surface area contributed by atoms with Crippen LogP contribution in [0, 0.1) is 12.7 Å². The zero-order chi connectivity index (χ0) is 13.8. The number of anilines is 3. The zero-order valence-electron chi connectivity index (χ0n) is 10.9. The van der Waals surface area contributed by atoms with Crippen LogP contribution >= 0.6 is 0 Å². The van der Waals surface area contributed by atoms with Gasteiger partial charge in [0.15, 0.2) is 0 Å². The van der Waals surface area contributed by atoms with Crippen molar-refractivity contribution in [1.82, 2.24) is 15.0 Å². The van der Waals surface area contributed by atoms with Crippen molar-refractivity contribution in [2.24, 2.45) is 0 Å². The molecule has 0 saturated carbocycles. The average Bonchev–Trinajstić information content (AvgIpc) is 2.37. The summed E-state index contributed by atoms with van der Waals surface area (Å²) in [6.07, 6.45) is 0. The van der Waals surface area contributed by atoms with Gasteiger partial charge in [-0.15, -0.1) is 0 Å². The number of halogens is 1. The number of hydrogen-bond donors (Lipinski definition) is 2. The van der Waals surface area contributed by atoms with Crippen LogP contribution in [0.1, 0.15) is 5.56 Å². The Hall–Kier alpha value is -2.44. The zero-order valence-corrected chi connectivity index (χ0v) is 10.9. The van der Waals surface area contributed by atoms with Crippen LogP contribution in [0.5, 0.6) is 6.01 Å². The lowest BCUT2D eigenvalue weighted by molar-refractivity contribution is 0.379. The monoisotopic (exact) mass is 263 g/mol. The summed E-state index contributed by atoms with van der Waals surface area (Å²) in [5.41, 5.74) is 1.37. The fraction of sp³-hybridized carbons (Fsp3) is 0.250. The first-order valence-corrected chi connectivity index (χ1v) is 5.63. The van der Waals surface area contributed by atoms with Crippen molar-refractivity contribution in [1.29, 1.82) is 0 Å². The van der Waals surface area contributed by atoms with Crippen molar-refractivity contribution in [2.75, 3.05) is 24.8 Å². The maximum Gasteiger partial charge on any atom is 0.322 e. The van der Waals surface area contributed by atoms with Crippen LogP contribution in [0.3, 0.4) is 0 Å². The van der Waals surface area contributed by atoms with E-state index in [0.717, 1.165) is 5.56 Å². The second-order valence-electron chi connectivity index (χ2n) is 3.86. The molecule has 1 heterocycles. The van der Waals surface area contributed by atoms with Crippen molar-refractivity contribution in [2.45, 2.75) is 6.92 Å². The molecule has 1 aromatic carbocycles. The molecule has 2 rings (SSSR count). The highest BCUT2D eigenvalue weighted by Gasteiger charge is 2.07. The van der Waals surface area contributed by atoms with Crippen molar-refractivity contribution in [3.8, 4) is 6.01 Å². The van der Waals surface area contributed by atoms with E-state index in [1.54, 1.807) is 20.0 Å². The third-order valence-electron chi connectivity index (χ3n) is 2.32. The Balaban J connectivity index is 2.31. The van der Waals surface area contributed by atoms with E-state index in [-0.39, 0.29) is 17.8 Å². The Bertz CT molecular complexity index is 548. The van der Waals surface area contributed by atoms with Gasteiger partial charge in [-0.25, -0.2) is 4.39 Å². The minimum absolute atomic E-state index is 0.176.